The third-order valence-electron chi connectivity index (χ3n) is 6.28. The zero-order valence-electron chi connectivity index (χ0n) is 17.9. The molecule has 0 aliphatic heterocycles. The van der Waals surface area contributed by atoms with Gasteiger partial charge in [-0.25, -0.2) is 4.98 Å². The Hall–Kier alpha value is -2.96. The molecule has 32 heavy (non-hydrogen) atoms. The zero-order chi connectivity index (χ0) is 21.8. The molecule has 7 heteroatoms. The molecule has 3 aromatic rings. The molecule has 2 aromatic carbocycles. The van der Waals surface area contributed by atoms with E-state index >= 15 is 0 Å². The summed E-state index contributed by atoms with van der Waals surface area (Å²) in [6, 6.07) is 16.4. The quantitative estimate of drug-likeness (QED) is 0.526. The SMILES string of the molecule is Cl.NC[C@H]1CC[C@H](CNC(=O)c2cc(-c3ccc(C(N)=O)cc3)nc3ccccc23)CC1. The molecular formula is C25H29ClN4O2. The van der Waals surface area contributed by atoms with E-state index in [-0.39, 0.29) is 18.3 Å². The molecule has 0 bridgehead atoms. The van der Waals surface area contributed by atoms with Crippen LogP contribution in [0.15, 0.2) is 54.6 Å². The Labute approximate surface area is 194 Å². The van der Waals surface area contributed by atoms with E-state index in [4.69, 9.17) is 16.5 Å². The normalized spacial score (nSPS) is 18.0. The van der Waals surface area contributed by atoms with Crippen LogP contribution in [0.3, 0.4) is 0 Å². The van der Waals surface area contributed by atoms with Crippen LogP contribution in [0.4, 0.5) is 0 Å². The monoisotopic (exact) mass is 452 g/mol. The molecule has 1 heterocycles. The second kappa shape index (κ2) is 10.6. The Kier molecular flexibility index (Phi) is 7.83. The number of nitrogens with zero attached hydrogens (tertiary/aromatic N) is 1. The summed E-state index contributed by atoms with van der Waals surface area (Å²) in [7, 11) is 0. The van der Waals surface area contributed by atoms with Crippen molar-refractivity contribution in [3.8, 4) is 11.3 Å². The highest BCUT2D eigenvalue weighted by molar-refractivity contribution is 6.07. The standard InChI is InChI=1S/C25H28N4O2.ClH/c26-14-16-5-7-17(8-6-16)15-28-25(31)21-13-23(29-22-4-2-1-3-20(21)22)18-9-11-19(12-10-18)24(27)30;/h1-4,9-13,16-17H,5-8,14-15,26H2,(H2,27,30)(H,28,31);1H/t16-,17-;. The molecule has 1 aliphatic rings. The van der Waals surface area contributed by atoms with E-state index in [0.29, 0.717) is 35.2 Å². The average Bonchev–Trinajstić information content (AvgIpc) is 2.82. The summed E-state index contributed by atoms with van der Waals surface area (Å²) in [5.41, 5.74) is 14.4. The van der Waals surface area contributed by atoms with Gasteiger partial charge in [-0.05, 0) is 68.3 Å². The molecule has 4 rings (SSSR count). The van der Waals surface area contributed by atoms with Gasteiger partial charge in [-0.1, -0.05) is 30.3 Å². The topological polar surface area (TPSA) is 111 Å². The summed E-state index contributed by atoms with van der Waals surface area (Å²) in [4.78, 5) is 29.2. The van der Waals surface area contributed by atoms with Gasteiger partial charge in [0.05, 0.1) is 16.8 Å². The van der Waals surface area contributed by atoms with Crippen LogP contribution in [0.5, 0.6) is 0 Å². The number of carbonyl (C=O) groups is 2. The van der Waals surface area contributed by atoms with Crippen LogP contribution in [-0.2, 0) is 0 Å². The van der Waals surface area contributed by atoms with E-state index in [1.807, 2.05) is 30.3 Å². The predicted octanol–water partition coefficient (Wildman–Crippen LogP) is 3.92. The lowest BCUT2D eigenvalue weighted by Gasteiger charge is -2.27. The number of carbonyl (C=O) groups excluding carboxylic acids is 2. The molecule has 2 amide bonds. The van der Waals surface area contributed by atoms with Crippen LogP contribution in [0, 0.1) is 11.8 Å². The fraction of sp³-hybridized carbons (Fsp3) is 0.320. The second-order valence-corrected chi connectivity index (χ2v) is 8.35. The number of nitrogens with one attached hydrogen (secondary N) is 1. The minimum atomic E-state index is -0.474. The van der Waals surface area contributed by atoms with Gasteiger partial charge in [-0.3, -0.25) is 9.59 Å². The van der Waals surface area contributed by atoms with Crippen molar-refractivity contribution in [2.24, 2.45) is 23.3 Å². The Bertz CT molecular complexity index is 1090. The third-order valence-corrected chi connectivity index (χ3v) is 6.28. The first-order valence-corrected chi connectivity index (χ1v) is 10.8. The molecule has 0 spiro atoms. The van der Waals surface area contributed by atoms with Gasteiger partial charge < -0.3 is 16.8 Å². The van der Waals surface area contributed by atoms with E-state index in [0.717, 1.165) is 48.7 Å². The first kappa shape index (κ1) is 23.7. The highest BCUT2D eigenvalue weighted by atomic mass is 35.5. The van der Waals surface area contributed by atoms with Crippen molar-refractivity contribution in [3.63, 3.8) is 0 Å². The number of pyridine rings is 1. The number of halogens is 1. The number of primary amides is 1. The van der Waals surface area contributed by atoms with E-state index < -0.39 is 5.91 Å². The smallest absolute Gasteiger partial charge is 0.252 e. The molecule has 6 nitrogen and oxygen atoms in total. The summed E-state index contributed by atoms with van der Waals surface area (Å²) in [5, 5.41) is 3.96. The van der Waals surface area contributed by atoms with Gasteiger partial charge in [-0.15, -0.1) is 12.4 Å². The lowest BCUT2D eigenvalue weighted by atomic mass is 9.82. The van der Waals surface area contributed by atoms with E-state index in [1.165, 1.54) is 0 Å². The number of fused-ring (bicyclic) bond motifs is 1. The number of nitrogens with two attached hydrogens (primary N) is 2. The molecular weight excluding hydrogens is 424 g/mol. The predicted molar refractivity (Wildman–Crippen MR) is 130 cm³/mol. The van der Waals surface area contributed by atoms with Gasteiger partial charge in [0.25, 0.3) is 5.91 Å². The number of amides is 2. The van der Waals surface area contributed by atoms with Crippen LogP contribution in [0.2, 0.25) is 0 Å². The number of benzene rings is 2. The molecule has 1 aromatic heterocycles. The van der Waals surface area contributed by atoms with Gasteiger partial charge in [0, 0.05) is 23.1 Å². The second-order valence-electron chi connectivity index (χ2n) is 8.35. The van der Waals surface area contributed by atoms with Crippen molar-refractivity contribution < 1.29 is 9.59 Å². The average molecular weight is 453 g/mol. The first-order valence-electron chi connectivity index (χ1n) is 10.8. The zero-order valence-corrected chi connectivity index (χ0v) is 18.7. The molecule has 0 atom stereocenters. The van der Waals surface area contributed by atoms with Crippen molar-refractivity contribution in [1.29, 1.82) is 0 Å². The number of hydrogen-bond acceptors (Lipinski definition) is 4. The molecule has 0 unspecified atom stereocenters. The minimum absolute atomic E-state index is 0. The largest absolute Gasteiger partial charge is 0.366 e. The van der Waals surface area contributed by atoms with E-state index in [9.17, 15) is 9.59 Å². The molecule has 1 fully saturated rings. The van der Waals surface area contributed by atoms with Crippen LogP contribution >= 0.6 is 12.4 Å². The first-order chi connectivity index (χ1) is 15.0. The van der Waals surface area contributed by atoms with Crippen molar-refractivity contribution in [2.75, 3.05) is 13.1 Å². The van der Waals surface area contributed by atoms with E-state index in [1.54, 1.807) is 24.3 Å². The maximum atomic E-state index is 13.1. The number of rotatable bonds is 6. The number of para-hydroxylation sites is 1. The van der Waals surface area contributed by atoms with Crippen LogP contribution < -0.4 is 16.8 Å². The molecule has 1 aliphatic carbocycles. The minimum Gasteiger partial charge on any atom is -0.366 e. The lowest BCUT2D eigenvalue weighted by molar-refractivity contribution is 0.0942. The van der Waals surface area contributed by atoms with Gasteiger partial charge >= 0.3 is 0 Å². The summed E-state index contributed by atoms with van der Waals surface area (Å²) < 4.78 is 0. The molecule has 1 saturated carbocycles. The van der Waals surface area contributed by atoms with E-state index in [2.05, 4.69) is 5.32 Å². The van der Waals surface area contributed by atoms with Gasteiger partial charge in [0.1, 0.15) is 0 Å². The maximum absolute atomic E-state index is 13.1. The summed E-state index contributed by atoms with van der Waals surface area (Å²) in [6.45, 7) is 1.43. The van der Waals surface area contributed by atoms with Crippen molar-refractivity contribution in [3.05, 3.63) is 65.7 Å². The fourth-order valence-corrected chi connectivity index (χ4v) is 4.32. The van der Waals surface area contributed by atoms with Crippen molar-refractivity contribution in [1.82, 2.24) is 10.3 Å². The van der Waals surface area contributed by atoms with Gasteiger partial charge in [0.2, 0.25) is 5.91 Å². The Morgan fingerprint density at radius 2 is 1.62 bits per heavy atom. The van der Waals surface area contributed by atoms with Crippen LogP contribution in [0.1, 0.15) is 46.4 Å². The Morgan fingerprint density at radius 3 is 2.28 bits per heavy atom. The van der Waals surface area contributed by atoms with Gasteiger partial charge in [-0.2, -0.15) is 0 Å². The number of aromatic nitrogens is 1. The van der Waals surface area contributed by atoms with Crippen LogP contribution in [-0.4, -0.2) is 29.9 Å². The maximum Gasteiger partial charge on any atom is 0.252 e. The highest BCUT2D eigenvalue weighted by Crippen LogP contribution is 2.28. The third kappa shape index (κ3) is 5.26. The number of hydrogen-bond donors (Lipinski definition) is 3. The lowest BCUT2D eigenvalue weighted by Crippen LogP contribution is -2.32. The summed E-state index contributed by atoms with van der Waals surface area (Å²) in [5.74, 6) is 0.563. The van der Waals surface area contributed by atoms with Crippen molar-refractivity contribution in [2.45, 2.75) is 25.7 Å². The molecule has 5 N–H and O–H groups in total. The summed E-state index contributed by atoms with van der Waals surface area (Å²) in [6.07, 6.45) is 4.49. The molecule has 0 radical (unpaired) electrons. The van der Waals surface area contributed by atoms with Crippen molar-refractivity contribution >= 4 is 35.1 Å². The fourth-order valence-electron chi connectivity index (χ4n) is 4.32. The summed E-state index contributed by atoms with van der Waals surface area (Å²) >= 11 is 0. The van der Waals surface area contributed by atoms with Gasteiger partial charge in [0.15, 0.2) is 0 Å². The van der Waals surface area contributed by atoms with Crippen LogP contribution in [0.25, 0.3) is 22.2 Å². The Balaban J connectivity index is 0.00000289. The highest BCUT2D eigenvalue weighted by Gasteiger charge is 2.21. The molecule has 168 valence electrons. The molecule has 0 saturated heterocycles. The Morgan fingerprint density at radius 1 is 0.969 bits per heavy atom.